The van der Waals surface area contributed by atoms with Crippen molar-refractivity contribution in [1.82, 2.24) is 20.6 Å². The van der Waals surface area contributed by atoms with Crippen LogP contribution in [0.5, 0.6) is 5.75 Å². The Hall–Kier alpha value is -2.18. The molecule has 2 aliphatic carbocycles. The maximum Gasteiger partial charge on any atom is 0.175 e. The lowest BCUT2D eigenvalue weighted by Gasteiger charge is -2.25. The molecule has 1 heterocycles. The van der Waals surface area contributed by atoms with Gasteiger partial charge in [-0.05, 0) is 49.8 Å². The number of aromatic nitrogens is 4. The minimum atomic E-state index is -0.608. The number of carbonyl (C=O) groups is 1. The highest BCUT2D eigenvalue weighted by molar-refractivity contribution is 6.45. The van der Waals surface area contributed by atoms with Crippen LogP contribution in [-0.2, 0) is 12.8 Å². The molecule has 1 atom stereocenters. The Morgan fingerprint density at radius 1 is 1.29 bits per heavy atom. The van der Waals surface area contributed by atoms with Crippen molar-refractivity contribution in [3.05, 3.63) is 56.9 Å². The summed E-state index contributed by atoms with van der Waals surface area (Å²) in [6.07, 6.45) is 10.2. The Bertz CT molecular complexity index is 969. The Labute approximate surface area is 172 Å². The van der Waals surface area contributed by atoms with Crippen molar-refractivity contribution in [2.45, 2.75) is 39.0 Å². The van der Waals surface area contributed by atoms with Gasteiger partial charge in [-0.1, -0.05) is 46.6 Å². The Morgan fingerprint density at radius 2 is 2.14 bits per heavy atom. The number of Topliss-reactive ketones (excluding diaryl/α,β-unsaturated/α-hetero) is 1. The number of nitrogens with one attached hydrogen (secondary N) is 1. The number of benzene rings is 1. The number of H-pyrrole nitrogens is 1. The van der Waals surface area contributed by atoms with E-state index >= 15 is 0 Å². The van der Waals surface area contributed by atoms with E-state index in [9.17, 15) is 4.79 Å². The summed E-state index contributed by atoms with van der Waals surface area (Å²) in [5.74, 6) is 1.16. The third kappa shape index (κ3) is 3.35. The number of fused-ring (bicyclic) bond motifs is 1. The lowest BCUT2D eigenvalue weighted by atomic mass is 9.76. The molecule has 28 heavy (non-hydrogen) atoms. The minimum Gasteiger partial charge on any atom is -0.492 e. The zero-order chi connectivity index (χ0) is 19.7. The summed E-state index contributed by atoms with van der Waals surface area (Å²) in [6, 6.07) is 1.86. The summed E-state index contributed by atoms with van der Waals surface area (Å²) in [7, 11) is 0. The zero-order valence-electron chi connectivity index (χ0n) is 15.5. The summed E-state index contributed by atoms with van der Waals surface area (Å²) in [6.45, 7) is 2.41. The van der Waals surface area contributed by atoms with Crippen LogP contribution in [0.25, 0.3) is 0 Å². The predicted molar refractivity (Wildman–Crippen MR) is 107 cm³/mol. The van der Waals surface area contributed by atoms with Crippen LogP contribution in [0.2, 0.25) is 10.0 Å². The Kier molecular flexibility index (Phi) is 5.25. The van der Waals surface area contributed by atoms with Crippen LogP contribution >= 0.6 is 23.2 Å². The van der Waals surface area contributed by atoms with Crippen molar-refractivity contribution in [2.75, 3.05) is 6.61 Å². The normalized spacial score (nSPS) is 21.0. The van der Waals surface area contributed by atoms with Crippen molar-refractivity contribution in [3.63, 3.8) is 0 Å². The van der Waals surface area contributed by atoms with Crippen LogP contribution in [0.3, 0.4) is 0 Å². The van der Waals surface area contributed by atoms with Crippen LogP contribution in [0, 0.1) is 5.41 Å². The topological polar surface area (TPSA) is 80.8 Å². The number of allylic oxidation sites excluding steroid dienone is 4. The molecule has 0 fully saturated rings. The van der Waals surface area contributed by atoms with Crippen LogP contribution < -0.4 is 4.74 Å². The molecule has 0 unspecified atom stereocenters. The number of carbonyl (C=O) groups excluding carboxylic acids is 1. The molecule has 0 saturated heterocycles. The molecule has 2 aromatic rings. The van der Waals surface area contributed by atoms with E-state index in [1.54, 1.807) is 0 Å². The van der Waals surface area contributed by atoms with Crippen molar-refractivity contribution in [3.8, 4) is 5.75 Å². The van der Waals surface area contributed by atoms with Crippen LogP contribution in [0.4, 0.5) is 0 Å². The van der Waals surface area contributed by atoms with E-state index in [1.165, 1.54) is 0 Å². The number of tetrazole rings is 1. The van der Waals surface area contributed by atoms with Gasteiger partial charge in [-0.3, -0.25) is 4.79 Å². The molecule has 1 N–H and O–H groups in total. The number of hydrogen-bond acceptors (Lipinski definition) is 5. The molecule has 0 radical (unpaired) electrons. The average molecular weight is 419 g/mol. The van der Waals surface area contributed by atoms with E-state index in [-0.39, 0.29) is 15.8 Å². The molecule has 6 nitrogen and oxygen atoms in total. The van der Waals surface area contributed by atoms with Crippen molar-refractivity contribution < 1.29 is 9.53 Å². The highest BCUT2D eigenvalue weighted by Crippen LogP contribution is 2.49. The molecule has 1 aromatic carbocycles. The number of rotatable bonds is 6. The fraction of sp³-hybridized carbons (Fsp3) is 0.400. The largest absolute Gasteiger partial charge is 0.492 e. The second-order valence-electron chi connectivity index (χ2n) is 7.29. The summed E-state index contributed by atoms with van der Waals surface area (Å²) < 4.78 is 5.85. The lowest BCUT2D eigenvalue weighted by Crippen LogP contribution is -2.26. The fourth-order valence-electron chi connectivity index (χ4n) is 3.84. The van der Waals surface area contributed by atoms with E-state index in [0.717, 1.165) is 24.0 Å². The van der Waals surface area contributed by atoms with Crippen LogP contribution in [0.15, 0.2) is 29.9 Å². The van der Waals surface area contributed by atoms with E-state index in [1.807, 2.05) is 13.0 Å². The molecule has 0 bridgehead atoms. The molecule has 1 aromatic heterocycles. The smallest absolute Gasteiger partial charge is 0.175 e. The molecular weight excluding hydrogens is 399 g/mol. The molecule has 0 saturated carbocycles. The lowest BCUT2D eigenvalue weighted by molar-refractivity contribution is 0.0884. The van der Waals surface area contributed by atoms with Gasteiger partial charge in [-0.25, -0.2) is 0 Å². The molecule has 4 rings (SSSR count). The first-order valence-electron chi connectivity index (χ1n) is 9.28. The fourth-order valence-corrected chi connectivity index (χ4v) is 4.34. The van der Waals surface area contributed by atoms with Crippen molar-refractivity contribution >= 4 is 29.0 Å². The molecule has 8 heteroatoms. The van der Waals surface area contributed by atoms with Gasteiger partial charge in [0.15, 0.2) is 11.6 Å². The number of ketones is 1. The van der Waals surface area contributed by atoms with Gasteiger partial charge in [-0.2, -0.15) is 5.21 Å². The maximum atomic E-state index is 13.2. The first-order chi connectivity index (χ1) is 13.5. The van der Waals surface area contributed by atoms with Gasteiger partial charge in [0.2, 0.25) is 0 Å². The SMILES string of the molecule is C[C@]1(C2=CCCC=C2)Cc2cc(OCCCc3nn[nH]n3)c(Cl)c(Cl)c2C1=O. The number of halogens is 2. The quantitative estimate of drug-likeness (QED) is 0.696. The molecule has 0 aliphatic heterocycles. The number of ether oxygens (including phenoxy) is 1. The van der Waals surface area contributed by atoms with Gasteiger partial charge < -0.3 is 4.74 Å². The number of aryl methyl sites for hydroxylation is 1. The second-order valence-corrected chi connectivity index (χ2v) is 8.05. The minimum absolute atomic E-state index is 0.0239. The van der Waals surface area contributed by atoms with Gasteiger partial charge in [0.05, 0.1) is 17.0 Å². The Morgan fingerprint density at radius 3 is 2.86 bits per heavy atom. The number of aromatic amines is 1. The standard InChI is InChI=1S/C20H20Cl2N4O2/c1-20(13-6-3-2-4-7-13)11-12-10-14(17(21)18(22)16(12)19(20)27)28-9-5-8-15-23-25-26-24-15/h3,6-7,10H,2,4-5,8-9,11H2,1H3,(H,23,24,25,26)/t20-/m1/s1. The van der Waals surface area contributed by atoms with Gasteiger partial charge in [0.1, 0.15) is 10.8 Å². The van der Waals surface area contributed by atoms with Crippen LogP contribution in [0.1, 0.15) is 47.9 Å². The summed E-state index contributed by atoms with van der Waals surface area (Å²) in [4.78, 5) is 13.2. The summed E-state index contributed by atoms with van der Waals surface area (Å²) in [5, 5.41) is 14.3. The third-order valence-electron chi connectivity index (χ3n) is 5.35. The van der Waals surface area contributed by atoms with Crippen LogP contribution in [-0.4, -0.2) is 33.0 Å². The van der Waals surface area contributed by atoms with Crippen molar-refractivity contribution in [2.24, 2.45) is 5.41 Å². The summed E-state index contributed by atoms with van der Waals surface area (Å²) >= 11 is 12.9. The van der Waals surface area contributed by atoms with E-state index in [4.69, 9.17) is 27.9 Å². The summed E-state index contributed by atoms with van der Waals surface area (Å²) in [5.41, 5.74) is 1.85. The number of nitrogens with zero attached hydrogens (tertiary/aromatic N) is 3. The third-order valence-corrected chi connectivity index (χ3v) is 6.20. The highest BCUT2D eigenvalue weighted by Gasteiger charge is 2.45. The molecule has 0 amide bonds. The predicted octanol–water partition coefficient (Wildman–Crippen LogP) is 4.54. The van der Waals surface area contributed by atoms with Gasteiger partial charge in [0.25, 0.3) is 0 Å². The van der Waals surface area contributed by atoms with Gasteiger partial charge in [0, 0.05) is 12.0 Å². The molecule has 146 valence electrons. The zero-order valence-corrected chi connectivity index (χ0v) is 17.0. The highest BCUT2D eigenvalue weighted by atomic mass is 35.5. The first kappa shape index (κ1) is 19.2. The van der Waals surface area contributed by atoms with E-state index in [2.05, 4.69) is 38.9 Å². The second kappa shape index (κ2) is 7.68. The van der Waals surface area contributed by atoms with Crippen molar-refractivity contribution in [1.29, 1.82) is 0 Å². The van der Waals surface area contributed by atoms with E-state index in [0.29, 0.717) is 43.0 Å². The molecular formula is C20H20Cl2N4O2. The maximum absolute atomic E-state index is 13.2. The van der Waals surface area contributed by atoms with E-state index < -0.39 is 5.41 Å². The van der Waals surface area contributed by atoms with Gasteiger partial charge in [-0.15, -0.1) is 10.2 Å². The average Bonchev–Trinajstić information content (AvgIpc) is 3.31. The Balaban J connectivity index is 1.53. The van der Waals surface area contributed by atoms with Gasteiger partial charge >= 0.3 is 0 Å². The number of hydrogen-bond donors (Lipinski definition) is 1. The first-order valence-corrected chi connectivity index (χ1v) is 10.0. The monoisotopic (exact) mass is 418 g/mol. The molecule has 2 aliphatic rings. The molecule has 0 spiro atoms.